The van der Waals surface area contributed by atoms with Crippen molar-refractivity contribution in [3.63, 3.8) is 0 Å². The number of halogens is 3. The molecule has 0 aliphatic rings. The minimum absolute atomic E-state index is 0.00848. The van der Waals surface area contributed by atoms with Crippen molar-refractivity contribution in [2.75, 3.05) is 12.3 Å². The van der Waals surface area contributed by atoms with Gasteiger partial charge in [-0.15, -0.1) is 0 Å². The molecule has 0 radical (unpaired) electrons. The quantitative estimate of drug-likeness (QED) is 0.799. The lowest BCUT2D eigenvalue weighted by molar-refractivity contribution is -0.0327. The molecule has 0 spiro atoms. The van der Waals surface area contributed by atoms with Crippen molar-refractivity contribution in [1.29, 1.82) is 0 Å². The van der Waals surface area contributed by atoms with Crippen LogP contribution in [0.15, 0.2) is 22.8 Å². The first-order valence-electron chi connectivity index (χ1n) is 4.46. The monoisotopic (exact) mass is 239 g/mol. The lowest BCUT2D eigenvalue weighted by Crippen LogP contribution is -2.22. The van der Waals surface area contributed by atoms with Crippen molar-refractivity contribution in [2.24, 2.45) is 0 Å². The number of rotatable bonds is 5. The van der Waals surface area contributed by atoms with Gasteiger partial charge in [0.1, 0.15) is 5.76 Å². The second-order valence-electron chi connectivity index (χ2n) is 2.99. The molecule has 0 aromatic carbocycles. The van der Waals surface area contributed by atoms with Crippen LogP contribution in [0.4, 0.5) is 13.2 Å². The maximum Gasteiger partial charge on any atom is 0.441 e. The highest BCUT2D eigenvalue weighted by Gasteiger charge is 2.27. The van der Waals surface area contributed by atoms with E-state index in [1.807, 2.05) is 6.92 Å². The Morgan fingerprint density at radius 2 is 2.27 bits per heavy atom. The van der Waals surface area contributed by atoms with Crippen molar-refractivity contribution in [1.82, 2.24) is 5.32 Å². The lowest BCUT2D eigenvalue weighted by atomic mass is 10.2. The Bertz CT molecular complexity index is 273. The molecule has 1 N–H and O–H groups in total. The molecule has 1 rings (SSSR count). The Hall–Kier alpha value is -0.620. The molecule has 0 saturated heterocycles. The number of hydrogen-bond acceptors (Lipinski definition) is 3. The highest BCUT2D eigenvalue weighted by Crippen LogP contribution is 2.29. The van der Waals surface area contributed by atoms with Crippen LogP contribution in [0.25, 0.3) is 0 Å². The maximum absolute atomic E-state index is 11.8. The Balaban J connectivity index is 2.16. The average molecular weight is 239 g/mol. The third kappa shape index (κ3) is 5.13. The fourth-order valence-electron chi connectivity index (χ4n) is 1.08. The summed E-state index contributed by atoms with van der Waals surface area (Å²) in [5.74, 6) is 0.737. The van der Waals surface area contributed by atoms with Crippen LogP contribution in [0, 0.1) is 0 Å². The third-order valence-corrected chi connectivity index (χ3v) is 2.52. The van der Waals surface area contributed by atoms with E-state index in [9.17, 15) is 13.2 Å². The fraction of sp³-hybridized carbons (Fsp3) is 0.556. The number of alkyl halides is 3. The summed E-state index contributed by atoms with van der Waals surface area (Å²) in [6.45, 7) is 2.14. The van der Waals surface area contributed by atoms with Gasteiger partial charge in [0.2, 0.25) is 0 Å². The highest BCUT2D eigenvalue weighted by atomic mass is 32.2. The molecule has 0 unspecified atom stereocenters. The standard InChI is InChI=1S/C9H12F3NOS/c1-7(8-3-2-5-14-8)13-4-6-15-9(10,11)12/h2-3,5,7,13H,4,6H2,1H3/t7-/m0/s1. The second-order valence-corrected chi connectivity index (χ2v) is 4.15. The van der Waals surface area contributed by atoms with Gasteiger partial charge in [-0.25, -0.2) is 0 Å². The Morgan fingerprint density at radius 1 is 1.53 bits per heavy atom. The topological polar surface area (TPSA) is 25.2 Å². The van der Waals surface area contributed by atoms with E-state index in [0.717, 1.165) is 5.76 Å². The molecule has 1 aromatic heterocycles. The third-order valence-electron chi connectivity index (χ3n) is 1.79. The fourth-order valence-corrected chi connectivity index (χ4v) is 1.53. The zero-order valence-electron chi connectivity index (χ0n) is 8.17. The largest absolute Gasteiger partial charge is 0.468 e. The molecule has 0 aliphatic carbocycles. The number of thioether (sulfide) groups is 1. The van der Waals surface area contributed by atoms with Crippen molar-refractivity contribution in [3.05, 3.63) is 24.2 Å². The van der Waals surface area contributed by atoms with Crippen LogP contribution in [0.3, 0.4) is 0 Å². The van der Waals surface area contributed by atoms with E-state index in [1.54, 1.807) is 12.1 Å². The zero-order chi connectivity index (χ0) is 11.3. The van der Waals surface area contributed by atoms with Crippen molar-refractivity contribution in [3.8, 4) is 0 Å². The Kier molecular flexibility index (Phi) is 4.53. The molecule has 0 saturated carbocycles. The van der Waals surface area contributed by atoms with E-state index in [0.29, 0.717) is 6.54 Å². The second kappa shape index (κ2) is 5.46. The summed E-state index contributed by atoms with van der Waals surface area (Å²) in [7, 11) is 0. The molecule has 1 atom stereocenters. The SMILES string of the molecule is C[C@H](NCCSC(F)(F)F)c1ccco1. The number of nitrogens with one attached hydrogen (secondary N) is 1. The molecule has 0 bridgehead atoms. The van der Waals surface area contributed by atoms with Crippen molar-refractivity contribution in [2.45, 2.75) is 18.5 Å². The summed E-state index contributed by atoms with van der Waals surface area (Å²) >= 11 is -0.0203. The first-order chi connectivity index (χ1) is 6.99. The van der Waals surface area contributed by atoms with Gasteiger partial charge < -0.3 is 9.73 Å². The Morgan fingerprint density at radius 3 is 2.80 bits per heavy atom. The van der Waals surface area contributed by atoms with Crippen molar-refractivity contribution >= 4 is 11.8 Å². The highest BCUT2D eigenvalue weighted by molar-refractivity contribution is 8.00. The number of furan rings is 1. The van der Waals surface area contributed by atoms with Gasteiger partial charge in [-0.05, 0) is 30.8 Å². The van der Waals surface area contributed by atoms with E-state index in [2.05, 4.69) is 5.32 Å². The molecule has 2 nitrogen and oxygen atoms in total. The van der Waals surface area contributed by atoms with Crippen LogP contribution in [0.1, 0.15) is 18.7 Å². The predicted molar refractivity (Wildman–Crippen MR) is 53.6 cm³/mol. The lowest BCUT2D eigenvalue weighted by Gasteiger charge is -2.11. The van der Waals surface area contributed by atoms with Gasteiger partial charge in [0.15, 0.2) is 0 Å². The molecule has 15 heavy (non-hydrogen) atoms. The minimum atomic E-state index is -4.14. The first kappa shape index (κ1) is 12.4. The van der Waals surface area contributed by atoms with Gasteiger partial charge in [-0.1, -0.05) is 0 Å². The first-order valence-corrected chi connectivity index (χ1v) is 5.45. The zero-order valence-corrected chi connectivity index (χ0v) is 8.99. The van der Waals surface area contributed by atoms with Gasteiger partial charge in [0.25, 0.3) is 0 Å². The van der Waals surface area contributed by atoms with E-state index in [-0.39, 0.29) is 23.6 Å². The van der Waals surface area contributed by atoms with Crippen LogP contribution in [-0.2, 0) is 0 Å². The smallest absolute Gasteiger partial charge is 0.441 e. The summed E-state index contributed by atoms with van der Waals surface area (Å²) in [5, 5.41) is 2.94. The van der Waals surface area contributed by atoms with E-state index in [4.69, 9.17) is 4.42 Å². The van der Waals surface area contributed by atoms with Crippen LogP contribution in [-0.4, -0.2) is 17.8 Å². The average Bonchev–Trinajstić information content (AvgIpc) is 2.63. The molecule has 6 heteroatoms. The molecule has 1 aromatic rings. The normalized spacial score (nSPS) is 14.1. The molecule has 0 fully saturated rings. The predicted octanol–water partition coefficient (Wildman–Crippen LogP) is 3.18. The molecule has 0 amide bonds. The molecule has 86 valence electrons. The minimum Gasteiger partial charge on any atom is -0.468 e. The maximum atomic E-state index is 11.8. The number of hydrogen-bond donors (Lipinski definition) is 1. The van der Waals surface area contributed by atoms with Crippen LogP contribution >= 0.6 is 11.8 Å². The van der Waals surface area contributed by atoms with Gasteiger partial charge in [0, 0.05) is 12.3 Å². The van der Waals surface area contributed by atoms with Crippen molar-refractivity contribution < 1.29 is 17.6 Å². The van der Waals surface area contributed by atoms with E-state index in [1.165, 1.54) is 6.26 Å². The van der Waals surface area contributed by atoms with Gasteiger partial charge in [0.05, 0.1) is 12.3 Å². The molecular weight excluding hydrogens is 227 g/mol. The summed E-state index contributed by atoms with van der Waals surface area (Å²) < 4.78 is 40.4. The summed E-state index contributed by atoms with van der Waals surface area (Å²) in [4.78, 5) is 0. The van der Waals surface area contributed by atoms with Crippen LogP contribution in [0.5, 0.6) is 0 Å². The van der Waals surface area contributed by atoms with Crippen LogP contribution < -0.4 is 5.32 Å². The summed E-state index contributed by atoms with van der Waals surface area (Å²) in [6, 6.07) is 3.47. The molecule has 0 aliphatic heterocycles. The molecule has 1 heterocycles. The van der Waals surface area contributed by atoms with E-state index < -0.39 is 5.51 Å². The van der Waals surface area contributed by atoms with E-state index >= 15 is 0 Å². The molecular formula is C9H12F3NOS. The van der Waals surface area contributed by atoms with Crippen LogP contribution in [0.2, 0.25) is 0 Å². The Labute approximate surface area is 90.2 Å². The van der Waals surface area contributed by atoms with Gasteiger partial charge in [-0.2, -0.15) is 13.2 Å². The van der Waals surface area contributed by atoms with Gasteiger partial charge >= 0.3 is 5.51 Å². The summed E-state index contributed by atoms with van der Waals surface area (Å²) in [5.41, 5.74) is -4.14. The van der Waals surface area contributed by atoms with Gasteiger partial charge in [-0.3, -0.25) is 0 Å². The summed E-state index contributed by atoms with van der Waals surface area (Å²) in [6.07, 6.45) is 1.54.